The molecule has 1 heterocycles. The Morgan fingerprint density at radius 1 is 1.13 bits per heavy atom. The predicted octanol–water partition coefficient (Wildman–Crippen LogP) is 5.40. The summed E-state index contributed by atoms with van der Waals surface area (Å²) in [5.74, 6) is 0.739. The maximum absolute atomic E-state index is 12.7. The highest BCUT2D eigenvalue weighted by Gasteiger charge is 2.31. The Labute approximate surface area is 192 Å². The van der Waals surface area contributed by atoms with Gasteiger partial charge in [0.25, 0.3) is 5.91 Å². The van der Waals surface area contributed by atoms with Crippen molar-refractivity contribution in [2.45, 2.75) is 32.6 Å². The van der Waals surface area contributed by atoms with Gasteiger partial charge in [-0.25, -0.2) is 0 Å². The quantitative estimate of drug-likeness (QED) is 0.312. The van der Waals surface area contributed by atoms with Crippen LogP contribution < -0.4 is 10.1 Å². The van der Waals surface area contributed by atoms with Crippen molar-refractivity contribution >= 4 is 51.9 Å². The third kappa shape index (κ3) is 6.42. The molecule has 1 N–H and O–H groups in total. The van der Waals surface area contributed by atoms with Gasteiger partial charge < -0.3 is 10.1 Å². The molecule has 0 bridgehead atoms. The molecule has 0 unspecified atom stereocenters. The highest BCUT2D eigenvalue weighted by atomic mass is 32.2. The number of nitrogens with one attached hydrogen (secondary N) is 1. The van der Waals surface area contributed by atoms with Crippen molar-refractivity contribution < 1.29 is 14.3 Å². The molecule has 0 aromatic heterocycles. The zero-order valence-electron chi connectivity index (χ0n) is 17.7. The van der Waals surface area contributed by atoms with Gasteiger partial charge in [0, 0.05) is 18.7 Å². The molecule has 1 saturated heterocycles. The smallest absolute Gasteiger partial charge is 0.266 e. The Kier molecular flexibility index (Phi) is 8.26. The number of aryl methyl sites for hydroxylation is 1. The predicted molar refractivity (Wildman–Crippen MR) is 131 cm³/mol. The van der Waals surface area contributed by atoms with E-state index in [9.17, 15) is 9.59 Å². The first kappa shape index (κ1) is 23.0. The molecule has 2 aromatic rings. The molecule has 5 nitrogen and oxygen atoms in total. The van der Waals surface area contributed by atoms with Gasteiger partial charge in [-0.05, 0) is 55.2 Å². The largest absolute Gasteiger partial charge is 0.497 e. The van der Waals surface area contributed by atoms with Gasteiger partial charge in [0.05, 0.1) is 12.0 Å². The Morgan fingerprint density at radius 3 is 2.58 bits per heavy atom. The third-order valence-electron chi connectivity index (χ3n) is 4.99. The lowest BCUT2D eigenvalue weighted by atomic mass is 10.1. The van der Waals surface area contributed by atoms with Gasteiger partial charge >= 0.3 is 0 Å². The minimum Gasteiger partial charge on any atom is -0.497 e. The van der Waals surface area contributed by atoms with Gasteiger partial charge in [-0.15, -0.1) is 0 Å². The number of hydrogen-bond donors (Lipinski definition) is 1. The summed E-state index contributed by atoms with van der Waals surface area (Å²) in [5.41, 5.74) is 2.84. The van der Waals surface area contributed by atoms with Crippen LogP contribution in [0.2, 0.25) is 0 Å². The lowest BCUT2D eigenvalue weighted by molar-refractivity contribution is -0.122. The van der Waals surface area contributed by atoms with E-state index < -0.39 is 0 Å². The van der Waals surface area contributed by atoms with Crippen LogP contribution in [0.4, 0.5) is 5.69 Å². The molecule has 0 radical (unpaired) electrons. The molecule has 1 aliphatic heterocycles. The van der Waals surface area contributed by atoms with Crippen LogP contribution in [-0.4, -0.2) is 34.7 Å². The second-order valence-corrected chi connectivity index (χ2v) is 8.96. The van der Waals surface area contributed by atoms with Crippen LogP contribution >= 0.6 is 24.0 Å². The Bertz CT molecular complexity index is 987. The molecule has 0 saturated carbocycles. The molecule has 0 aliphatic carbocycles. The minimum absolute atomic E-state index is 0.0161. The summed E-state index contributed by atoms with van der Waals surface area (Å²) < 4.78 is 5.75. The van der Waals surface area contributed by atoms with Crippen LogP contribution in [0.25, 0.3) is 6.08 Å². The summed E-state index contributed by atoms with van der Waals surface area (Å²) in [6.07, 6.45) is 4.75. The van der Waals surface area contributed by atoms with Crippen molar-refractivity contribution in [2.75, 3.05) is 19.0 Å². The first-order valence-electron chi connectivity index (χ1n) is 10.2. The lowest BCUT2D eigenvalue weighted by Gasteiger charge is -2.14. The number of ether oxygens (including phenoxy) is 1. The van der Waals surface area contributed by atoms with Gasteiger partial charge in [-0.3, -0.25) is 14.5 Å². The van der Waals surface area contributed by atoms with Crippen molar-refractivity contribution in [1.29, 1.82) is 0 Å². The van der Waals surface area contributed by atoms with E-state index in [1.807, 2.05) is 61.5 Å². The average molecular weight is 455 g/mol. The molecule has 7 heteroatoms. The molecular weight excluding hydrogens is 428 g/mol. The maximum atomic E-state index is 12.7. The van der Waals surface area contributed by atoms with Crippen molar-refractivity contribution in [1.82, 2.24) is 4.90 Å². The second kappa shape index (κ2) is 11.1. The lowest BCUT2D eigenvalue weighted by Crippen LogP contribution is -2.29. The topological polar surface area (TPSA) is 58.6 Å². The molecule has 3 rings (SSSR count). The van der Waals surface area contributed by atoms with E-state index in [1.54, 1.807) is 12.0 Å². The molecule has 0 spiro atoms. The molecule has 2 amide bonds. The van der Waals surface area contributed by atoms with E-state index in [4.69, 9.17) is 17.0 Å². The van der Waals surface area contributed by atoms with Crippen molar-refractivity contribution in [3.05, 3.63) is 64.6 Å². The fourth-order valence-corrected chi connectivity index (χ4v) is 4.51. The number of amides is 2. The van der Waals surface area contributed by atoms with Crippen LogP contribution in [0.5, 0.6) is 5.75 Å². The van der Waals surface area contributed by atoms with Crippen LogP contribution in [0.1, 0.15) is 36.8 Å². The molecule has 162 valence electrons. The van der Waals surface area contributed by atoms with Crippen molar-refractivity contribution in [3.8, 4) is 5.75 Å². The van der Waals surface area contributed by atoms with Gasteiger partial charge in [0.2, 0.25) is 5.91 Å². The fraction of sp³-hybridized carbons (Fsp3) is 0.292. The summed E-state index contributed by atoms with van der Waals surface area (Å²) in [6.45, 7) is 2.55. The molecule has 1 fully saturated rings. The molecule has 1 aliphatic rings. The number of rotatable bonds is 9. The second-order valence-electron chi connectivity index (χ2n) is 7.28. The molecular formula is C24H26N2O3S2. The van der Waals surface area contributed by atoms with Gasteiger partial charge in [0.1, 0.15) is 10.1 Å². The molecule has 2 aromatic carbocycles. The van der Waals surface area contributed by atoms with E-state index in [0.29, 0.717) is 22.2 Å². The van der Waals surface area contributed by atoms with Crippen molar-refractivity contribution in [2.24, 2.45) is 0 Å². The Hall–Kier alpha value is -2.64. The van der Waals surface area contributed by atoms with Crippen molar-refractivity contribution in [3.63, 3.8) is 0 Å². The van der Waals surface area contributed by atoms with E-state index in [1.165, 1.54) is 11.8 Å². The highest BCUT2D eigenvalue weighted by molar-refractivity contribution is 8.26. The number of anilines is 1. The van der Waals surface area contributed by atoms with Crippen LogP contribution in [0.3, 0.4) is 0 Å². The number of benzene rings is 2. The van der Waals surface area contributed by atoms with E-state index in [-0.39, 0.29) is 11.8 Å². The number of para-hydroxylation sites is 1. The Morgan fingerprint density at radius 2 is 1.87 bits per heavy atom. The Balaban J connectivity index is 1.42. The standard InChI is InChI=1S/C24H26N2O3S2/c1-17-8-5-6-9-20(17)25-22(27)10-4-3-7-15-26-23(28)21(31-24(26)30)16-18-11-13-19(29-2)14-12-18/h5-6,8-9,11-14,16H,3-4,7,10,15H2,1-2H3,(H,25,27)/b21-16-. The first-order valence-corrected chi connectivity index (χ1v) is 11.5. The van der Waals surface area contributed by atoms with E-state index in [0.717, 1.165) is 41.8 Å². The SMILES string of the molecule is COc1ccc(/C=C2\SC(=S)N(CCCCCC(=O)Nc3ccccc3C)C2=O)cc1. The summed E-state index contributed by atoms with van der Waals surface area (Å²) in [7, 11) is 1.62. The van der Waals surface area contributed by atoms with E-state index >= 15 is 0 Å². The number of thiocarbonyl (C=S) groups is 1. The van der Waals surface area contributed by atoms with Crippen LogP contribution in [0.15, 0.2) is 53.4 Å². The summed E-state index contributed by atoms with van der Waals surface area (Å²) in [6, 6.07) is 15.3. The number of thioether (sulfide) groups is 1. The number of hydrogen-bond acceptors (Lipinski definition) is 5. The zero-order chi connectivity index (χ0) is 22.2. The number of methoxy groups -OCH3 is 1. The van der Waals surface area contributed by atoms with Gasteiger partial charge in [0.15, 0.2) is 0 Å². The minimum atomic E-state index is -0.0527. The fourth-order valence-electron chi connectivity index (χ4n) is 3.20. The molecule has 0 atom stereocenters. The van der Waals surface area contributed by atoms with Gasteiger partial charge in [-0.1, -0.05) is 60.7 Å². The van der Waals surface area contributed by atoms with Crippen LogP contribution in [-0.2, 0) is 9.59 Å². The monoisotopic (exact) mass is 454 g/mol. The first-order chi connectivity index (χ1) is 15.0. The van der Waals surface area contributed by atoms with E-state index in [2.05, 4.69) is 5.32 Å². The maximum Gasteiger partial charge on any atom is 0.266 e. The normalized spacial score (nSPS) is 14.9. The average Bonchev–Trinajstić information content (AvgIpc) is 3.03. The zero-order valence-corrected chi connectivity index (χ0v) is 19.4. The highest BCUT2D eigenvalue weighted by Crippen LogP contribution is 2.33. The number of nitrogens with zero attached hydrogens (tertiary/aromatic N) is 1. The summed E-state index contributed by atoms with van der Waals surface area (Å²) in [4.78, 5) is 27.1. The summed E-state index contributed by atoms with van der Waals surface area (Å²) in [5, 5.41) is 2.95. The van der Waals surface area contributed by atoms with Gasteiger partial charge in [-0.2, -0.15) is 0 Å². The van der Waals surface area contributed by atoms with Crippen LogP contribution in [0, 0.1) is 6.92 Å². The number of carbonyl (C=O) groups is 2. The molecule has 31 heavy (non-hydrogen) atoms. The number of unbranched alkanes of at least 4 members (excludes halogenated alkanes) is 2. The third-order valence-corrected chi connectivity index (χ3v) is 6.37. The summed E-state index contributed by atoms with van der Waals surface area (Å²) >= 11 is 6.73. The number of carbonyl (C=O) groups excluding carboxylic acids is 2.